The van der Waals surface area contributed by atoms with Crippen LogP contribution in [0.25, 0.3) is 16.9 Å². The summed E-state index contributed by atoms with van der Waals surface area (Å²) < 4.78 is 3.16. The molecule has 0 aliphatic heterocycles. The van der Waals surface area contributed by atoms with Crippen molar-refractivity contribution in [2.45, 2.75) is 0 Å². The number of halogens is 3. The number of aromatic nitrogens is 3. The number of imidazole rings is 1. The molecule has 0 unspecified atom stereocenters. The highest BCUT2D eigenvalue weighted by molar-refractivity contribution is 9.10. The highest BCUT2D eigenvalue weighted by atomic mass is 79.9. The quantitative estimate of drug-likeness (QED) is 0.597. The van der Waals surface area contributed by atoms with E-state index in [4.69, 9.17) is 35.4 Å². The molecule has 2 aromatic heterocycles. The Bertz CT molecular complexity index is 841. The monoisotopic (exact) mass is 373 g/mol. The van der Waals surface area contributed by atoms with Crippen molar-refractivity contribution < 1.29 is 0 Å². The van der Waals surface area contributed by atoms with E-state index in [2.05, 4.69) is 25.9 Å². The van der Waals surface area contributed by atoms with Crippen LogP contribution >= 0.6 is 51.3 Å². The number of pyridine rings is 1. The largest absolute Gasteiger partial charge is 0.329 e. The standard InChI is InChI=1S/C12H6BrCl2N3S/c13-6-3-9-11(16-5-6)18(12(19)17-9)10-4-7(14)1-2-8(10)15/h1-5H,(H,17,19). The molecule has 0 fully saturated rings. The SMILES string of the molecule is S=c1[nH]c2cc(Br)cnc2n1-c1cc(Cl)ccc1Cl. The van der Waals surface area contributed by atoms with Crippen molar-refractivity contribution in [3.05, 3.63) is 49.8 Å². The Morgan fingerprint density at radius 3 is 2.84 bits per heavy atom. The van der Waals surface area contributed by atoms with Gasteiger partial charge in [-0.05, 0) is 52.4 Å². The maximum absolute atomic E-state index is 6.21. The Labute approximate surface area is 132 Å². The third-order valence-electron chi connectivity index (χ3n) is 2.64. The third-order valence-corrected chi connectivity index (χ3v) is 3.91. The summed E-state index contributed by atoms with van der Waals surface area (Å²) in [4.78, 5) is 7.46. The Morgan fingerprint density at radius 1 is 1.26 bits per heavy atom. The Hall–Kier alpha value is -0.880. The fraction of sp³-hybridized carbons (Fsp3) is 0. The molecule has 0 amide bonds. The summed E-state index contributed by atoms with van der Waals surface area (Å²) in [6, 6.07) is 7.14. The van der Waals surface area contributed by atoms with Gasteiger partial charge in [-0.3, -0.25) is 4.57 Å². The van der Waals surface area contributed by atoms with Crippen molar-refractivity contribution in [3.63, 3.8) is 0 Å². The van der Waals surface area contributed by atoms with E-state index in [1.807, 2.05) is 6.07 Å². The maximum atomic E-state index is 6.21. The van der Waals surface area contributed by atoms with E-state index in [1.165, 1.54) is 0 Å². The fourth-order valence-electron chi connectivity index (χ4n) is 1.85. The van der Waals surface area contributed by atoms with Crippen molar-refractivity contribution in [1.82, 2.24) is 14.5 Å². The molecule has 0 saturated carbocycles. The fourth-order valence-corrected chi connectivity index (χ4v) is 2.84. The molecule has 96 valence electrons. The minimum atomic E-state index is 0.518. The molecular weight excluding hydrogens is 369 g/mol. The predicted octanol–water partition coefficient (Wildman–Crippen LogP) is 5.15. The summed E-state index contributed by atoms with van der Waals surface area (Å²) >= 11 is 20.9. The van der Waals surface area contributed by atoms with Crippen LogP contribution in [0.15, 0.2) is 34.9 Å². The zero-order valence-corrected chi connectivity index (χ0v) is 13.2. The minimum absolute atomic E-state index is 0.518. The van der Waals surface area contributed by atoms with Crippen molar-refractivity contribution in [3.8, 4) is 5.69 Å². The lowest BCUT2D eigenvalue weighted by molar-refractivity contribution is 1.04. The zero-order valence-electron chi connectivity index (χ0n) is 9.32. The molecule has 3 nitrogen and oxygen atoms in total. The van der Waals surface area contributed by atoms with Crippen molar-refractivity contribution in [1.29, 1.82) is 0 Å². The van der Waals surface area contributed by atoms with E-state index < -0.39 is 0 Å². The lowest BCUT2D eigenvalue weighted by Gasteiger charge is -2.06. The number of hydrogen-bond acceptors (Lipinski definition) is 2. The molecule has 0 radical (unpaired) electrons. The van der Waals surface area contributed by atoms with Crippen LogP contribution in [0.4, 0.5) is 0 Å². The van der Waals surface area contributed by atoms with Crippen LogP contribution in [0.2, 0.25) is 10.0 Å². The molecule has 19 heavy (non-hydrogen) atoms. The van der Waals surface area contributed by atoms with Gasteiger partial charge in [0.2, 0.25) is 0 Å². The molecule has 7 heteroatoms. The van der Waals surface area contributed by atoms with Crippen LogP contribution in [-0.2, 0) is 0 Å². The average Bonchev–Trinajstić information content (AvgIpc) is 2.67. The summed E-state index contributed by atoms with van der Waals surface area (Å²) in [6.45, 7) is 0. The topological polar surface area (TPSA) is 33.6 Å². The molecule has 0 bridgehead atoms. The molecule has 0 aliphatic carbocycles. The van der Waals surface area contributed by atoms with Gasteiger partial charge in [-0.15, -0.1) is 0 Å². The first-order valence-electron chi connectivity index (χ1n) is 5.28. The minimum Gasteiger partial charge on any atom is -0.329 e. The Balaban J connectivity index is 2.39. The lowest BCUT2D eigenvalue weighted by atomic mass is 10.3. The van der Waals surface area contributed by atoms with Crippen LogP contribution < -0.4 is 0 Å². The highest BCUT2D eigenvalue weighted by Gasteiger charge is 2.11. The average molecular weight is 375 g/mol. The van der Waals surface area contributed by atoms with Crippen LogP contribution in [0.5, 0.6) is 0 Å². The molecular formula is C12H6BrCl2N3S. The molecule has 1 aromatic carbocycles. The second-order valence-corrected chi connectivity index (χ2v) is 6.03. The molecule has 0 aliphatic rings. The van der Waals surface area contributed by atoms with Crippen LogP contribution in [0, 0.1) is 4.77 Å². The molecule has 3 aromatic rings. The molecule has 3 rings (SSSR count). The van der Waals surface area contributed by atoms with E-state index in [-0.39, 0.29) is 0 Å². The third kappa shape index (κ3) is 2.31. The summed E-state index contributed by atoms with van der Waals surface area (Å²) in [6.07, 6.45) is 1.71. The van der Waals surface area contributed by atoms with Gasteiger partial charge >= 0.3 is 0 Å². The molecule has 2 heterocycles. The summed E-state index contributed by atoms with van der Waals surface area (Å²) in [5, 5.41) is 1.15. The second-order valence-electron chi connectivity index (χ2n) is 3.89. The number of H-pyrrole nitrogens is 1. The van der Waals surface area contributed by atoms with Gasteiger partial charge in [0.05, 0.1) is 16.2 Å². The smallest absolute Gasteiger partial charge is 0.184 e. The number of hydrogen-bond donors (Lipinski definition) is 1. The van der Waals surface area contributed by atoms with E-state index >= 15 is 0 Å². The van der Waals surface area contributed by atoms with Crippen LogP contribution in [0.1, 0.15) is 0 Å². The molecule has 0 atom stereocenters. The normalized spacial score (nSPS) is 11.1. The highest BCUT2D eigenvalue weighted by Crippen LogP contribution is 2.28. The van der Waals surface area contributed by atoms with E-state index in [0.29, 0.717) is 26.2 Å². The van der Waals surface area contributed by atoms with Gasteiger partial charge in [0.15, 0.2) is 10.4 Å². The summed E-state index contributed by atoms with van der Waals surface area (Å²) in [7, 11) is 0. The number of aromatic amines is 1. The Kier molecular flexibility index (Phi) is 3.39. The number of nitrogens with zero attached hydrogens (tertiary/aromatic N) is 2. The number of rotatable bonds is 1. The first kappa shape index (κ1) is 13.1. The van der Waals surface area contributed by atoms with Crippen molar-refractivity contribution in [2.24, 2.45) is 0 Å². The molecule has 0 saturated heterocycles. The van der Waals surface area contributed by atoms with Crippen LogP contribution in [-0.4, -0.2) is 14.5 Å². The predicted molar refractivity (Wildman–Crippen MR) is 84.0 cm³/mol. The maximum Gasteiger partial charge on any atom is 0.184 e. The van der Waals surface area contributed by atoms with Gasteiger partial charge in [0.25, 0.3) is 0 Å². The number of nitrogens with one attached hydrogen (secondary N) is 1. The van der Waals surface area contributed by atoms with Gasteiger partial charge in [-0.25, -0.2) is 4.98 Å². The lowest BCUT2D eigenvalue weighted by Crippen LogP contribution is -1.96. The van der Waals surface area contributed by atoms with Gasteiger partial charge in [-0.1, -0.05) is 23.2 Å². The van der Waals surface area contributed by atoms with E-state index in [1.54, 1.807) is 29.0 Å². The first-order chi connectivity index (χ1) is 9.06. The zero-order chi connectivity index (χ0) is 13.6. The van der Waals surface area contributed by atoms with Gasteiger partial charge < -0.3 is 4.98 Å². The second kappa shape index (κ2) is 4.90. The molecule has 1 N–H and O–H groups in total. The van der Waals surface area contributed by atoms with Crippen LogP contribution in [0.3, 0.4) is 0 Å². The summed E-state index contributed by atoms with van der Waals surface area (Å²) in [5.74, 6) is 0. The van der Waals surface area contributed by atoms with E-state index in [0.717, 1.165) is 9.99 Å². The van der Waals surface area contributed by atoms with Gasteiger partial charge in [-0.2, -0.15) is 0 Å². The molecule has 0 spiro atoms. The van der Waals surface area contributed by atoms with E-state index in [9.17, 15) is 0 Å². The van der Waals surface area contributed by atoms with Gasteiger partial charge in [0.1, 0.15) is 0 Å². The summed E-state index contributed by atoms with van der Waals surface area (Å²) in [5.41, 5.74) is 2.24. The van der Waals surface area contributed by atoms with Gasteiger partial charge in [0, 0.05) is 15.7 Å². The Morgan fingerprint density at radius 2 is 2.05 bits per heavy atom. The van der Waals surface area contributed by atoms with Crippen molar-refractivity contribution >= 4 is 62.5 Å². The van der Waals surface area contributed by atoms with Crippen molar-refractivity contribution in [2.75, 3.05) is 0 Å². The number of benzene rings is 1. The first-order valence-corrected chi connectivity index (χ1v) is 7.23. The number of fused-ring (bicyclic) bond motifs is 1.